The minimum Gasteiger partial charge on any atom is -0.481 e. The van der Waals surface area contributed by atoms with Gasteiger partial charge in [-0.2, -0.15) is 5.10 Å². The molecule has 2 aromatic heterocycles. The summed E-state index contributed by atoms with van der Waals surface area (Å²) in [7, 11) is 0. The molecule has 0 fully saturated rings. The van der Waals surface area contributed by atoms with Gasteiger partial charge in [0.2, 0.25) is 0 Å². The lowest BCUT2D eigenvalue weighted by Gasteiger charge is -2.26. The van der Waals surface area contributed by atoms with Crippen LogP contribution in [0.15, 0.2) is 42.9 Å². The van der Waals surface area contributed by atoms with Gasteiger partial charge >= 0.3 is 5.97 Å². The highest BCUT2D eigenvalue weighted by molar-refractivity contribution is 5.87. The summed E-state index contributed by atoms with van der Waals surface area (Å²) in [5.74, 6) is -0.160. The van der Waals surface area contributed by atoms with Crippen LogP contribution in [0.5, 0.6) is 0 Å². The number of rotatable bonds is 6. The molecule has 3 aromatic rings. The van der Waals surface area contributed by atoms with Gasteiger partial charge in [0.05, 0.1) is 17.3 Å². The Morgan fingerprint density at radius 3 is 2.71 bits per heavy atom. The van der Waals surface area contributed by atoms with Crippen LogP contribution in [0.3, 0.4) is 0 Å². The van der Waals surface area contributed by atoms with E-state index in [0.29, 0.717) is 17.9 Å². The lowest BCUT2D eigenvalue weighted by molar-refractivity contribution is -0.137. The zero-order chi connectivity index (χ0) is 17.2. The number of carbonyl (C=O) groups is 1. The summed E-state index contributed by atoms with van der Waals surface area (Å²) in [5.41, 5.74) is 1.21. The Morgan fingerprint density at radius 1 is 1.25 bits per heavy atom. The molecule has 24 heavy (non-hydrogen) atoms. The van der Waals surface area contributed by atoms with E-state index in [9.17, 15) is 4.79 Å². The van der Waals surface area contributed by atoms with Gasteiger partial charge in [-0.25, -0.2) is 14.6 Å². The fourth-order valence-corrected chi connectivity index (χ4v) is 2.50. The standard InChI is InChI=1S/C17H19N5O2/c1-17(2,9-8-14(23)24)21-15-13-10-20-22(16(13)19-11-18-15)12-6-4-3-5-7-12/h3-7,10-11H,8-9H2,1-2H3,(H,23,24)(H,18,19,21). The molecule has 0 spiro atoms. The SMILES string of the molecule is CC(C)(CCC(=O)O)Nc1ncnc2c1cnn2-c1ccccc1. The first-order valence-electron chi connectivity index (χ1n) is 7.70. The maximum absolute atomic E-state index is 10.8. The summed E-state index contributed by atoms with van der Waals surface area (Å²) >= 11 is 0. The number of fused-ring (bicyclic) bond motifs is 1. The van der Waals surface area contributed by atoms with Gasteiger partial charge in [0.15, 0.2) is 5.65 Å². The number of hydrogen-bond acceptors (Lipinski definition) is 5. The molecule has 0 atom stereocenters. The number of carboxylic acids is 1. The summed E-state index contributed by atoms with van der Waals surface area (Å²) in [6.07, 6.45) is 3.79. The molecule has 0 aliphatic rings. The molecule has 0 unspecified atom stereocenters. The van der Waals surface area contributed by atoms with Gasteiger partial charge in [0, 0.05) is 12.0 Å². The fraction of sp³-hybridized carbons (Fsp3) is 0.294. The molecule has 7 nitrogen and oxygen atoms in total. The molecular weight excluding hydrogens is 306 g/mol. The average Bonchev–Trinajstić information content (AvgIpc) is 2.99. The monoisotopic (exact) mass is 325 g/mol. The van der Waals surface area contributed by atoms with E-state index in [-0.39, 0.29) is 6.42 Å². The van der Waals surface area contributed by atoms with Crippen molar-refractivity contribution in [2.24, 2.45) is 0 Å². The van der Waals surface area contributed by atoms with E-state index in [1.807, 2.05) is 44.2 Å². The van der Waals surface area contributed by atoms with Gasteiger partial charge in [-0.1, -0.05) is 18.2 Å². The molecule has 0 saturated heterocycles. The Balaban J connectivity index is 1.93. The third kappa shape index (κ3) is 3.34. The maximum Gasteiger partial charge on any atom is 0.303 e. The molecule has 124 valence electrons. The predicted octanol–water partition coefficient (Wildman–Crippen LogP) is 2.87. The maximum atomic E-state index is 10.8. The molecule has 1 aromatic carbocycles. The van der Waals surface area contributed by atoms with E-state index in [1.54, 1.807) is 10.9 Å². The number of nitrogens with zero attached hydrogens (tertiary/aromatic N) is 4. The lowest BCUT2D eigenvalue weighted by Crippen LogP contribution is -2.32. The van der Waals surface area contributed by atoms with Crippen LogP contribution in [-0.2, 0) is 4.79 Å². The van der Waals surface area contributed by atoms with Crippen molar-refractivity contribution in [1.82, 2.24) is 19.7 Å². The first-order chi connectivity index (χ1) is 11.5. The first kappa shape index (κ1) is 15.9. The highest BCUT2D eigenvalue weighted by atomic mass is 16.4. The van der Waals surface area contributed by atoms with Crippen molar-refractivity contribution in [2.45, 2.75) is 32.2 Å². The molecule has 0 amide bonds. The van der Waals surface area contributed by atoms with Gasteiger partial charge < -0.3 is 10.4 Å². The largest absolute Gasteiger partial charge is 0.481 e. The molecule has 0 bridgehead atoms. The van der Waals surface area contributed by atoms with Crippen LogP contribution in [0, 0.1) is 0 Å². The molecule has 2 N–H and O–H groups in total. The second kappa shape index (κ2) is 6.27. The van der Waals surface area contributed by atoms with Crippen LogP contribution in [-0.4, -0.2) is 36.4 Å². The van der Waals surface area contributed by atoms with Gasteiger partial charge in [-0.15, -0.1) is 0 Å². The van der Waals surface area contributed by atoms with Crippen LogP contribution in [0.1, 0.15) is 26.7 Å². The number of aromatic nitrogens is 4. The molecular formula is C17H19N5O2. The molecule has 3 rings (SSSR count). The molecule has 2 heterocycles. The van der Waals surface area contributed by atoms with E-state index in [1.165, 1.54) is 6.33 Å². The Bertz CT molecular complexity index is 858. The van der Waals surface area contributed by atoms with Gasteiger partial charge in [0.25, 0.3) is 0 Å². The summed E-state index contributed by atoms with van der Waals surface area (Å²) in [6, 6.07) is 9.75. The van der Waals surface area contributed by atoms with Crippen molar-refractivity contribution in [2.75, 3.05) is 5.32 Å². The molecule has 0 saturated carbocycles. The number of aliphatic carboxylic acids is 1. The van der Waals surface area contributed by atoms with E-state index < -0.39 is 11.5 Å². The van der Waals surface area contributed by atoms with Crippen molar-refractivity contribution in [3.8, 4) is 5.69 Å². The number of benzene rings is 1. The van der Waals surface area contributed by atoms with Crippen molar-refractivity contribution in [1.29, 1.82) is 0 Å². The lowest BCUT2D eigenvalue weighted by atomic mass is 9.98. The molecule has 0 aliphatic heterocycles. The summed E-state index contributed by atoms with van der Waals surface area (Å²) in [6.45, 7) is 3.90. The smallest absolute Gasteiger partial charge is 0.303 e. The third-order valence-electron chi connectivity index (χ3n) is 3.79. The number of anilines is 1. The van der Waals surface area contributed by atoms with Crippen LogP contribution < -0.4 is 5.32 Å². The van der Waals surface area contributed by atoms with Crippen LogP contribution in [0.2, 0.25) is 0 Å². The van der Waals surface area contributed by atoms with E-state index in [0.717, 1.165) is 11.1 Å². The third-order valence-corrected chi connectivity index (χ3v) is 3.79. The normalized spacial score (nSPS) is 11.6. The number of nitrogens with one attached hydrogen (secondary N) is 1. The Kier molecular flexibility index (Phi) is 4.16. The second-order valence-corrected chi connectivity index (χ2v) is 6.25. The van der Waals surface area contributed by atoms with Crippen LogP contribution in [0.4, 0.5) is 5.82 Å². The minimum atomic E-state index is -0.811. The highest BCUT2D eigenvalue weighted by Gasteiger charge is 2.21. The van der Waals surface area contributed by atoms with E-state index >= 15 is 0 Å². The van der Waals surface area contributed by atoms with E-state index in [2.05, 4.69) is 20.4 Å². The number of carboxylic acid groups (broad SMARTS) is 1. The zero-order valence-corrected chi connectivity index (χ0v) is 13.6. The predicted molar refractivity (Wildman–Crippen MR) is 91.2 cm³/mol. The number of para-hydroxylation sites is 1. The van der Waals surface area contributed by atoms with Gasteiger partial charge in [0.1, 0.15) is 12.1 Å². The quantitative estimate of drug-likeness (QED) is 0.724. The first-order valence-corrected chi connectivity index (χ1v) is 7.70. The molecule has 0 radical (unpaired) electrons. The van der Waals surface area contributed by atoms with Crippen LogP contribution >= 0.6 is 0 Å². The van der Waals surface area contributed by atoms with Crippen molar-refractivity contribution >= 4 is 22.8 Å². The minimum absolute atomic E-state index is 0.0947. The van der Waals surface area contributed by atoms with Crippen molar-refractivity contribution < 1.29 is 9.90 Å². The van der Waals surface area contributed by atoms with Crippen LogP contribution in [0.25, 0.3) is 16.7 Å². The zero-order valence-electron chi connectivity index (χ0n) is 13.6. The van der Waals surface area contributed by atoms with Crippen molar-refractivity contribution in [3.63, 3.8) is 0 Å². The Morgan fingerprint density at radius 2 is 2.00 bits per heavy atom. The molecule has 0 aliphatic carbocycles. The van der Waals surface area contributed by atoms with Gasteiger partial charge in [-0.05, 0) is 32.4 Å². The second-order valence-electron chi connectivity index (χ2n) is 6.25. The van der Waals surface area contributed by atoms with Crippen molar-refractivity contribution in [3.05, 3.63) is 42.9 Å². The number of hydrogen-bond donors (Lipinski definition) is 2. The Hall–Kier alpha value is -2.96. The average molecular weight is 325 g/mol. The summed E-state index contributed by atoms with van der Waals surface area (Å²) in [5, 5.41) is 17.4. The summed E-state index contributed by atoms with van der Waals surface area (Å²) < 4.78 is 1.76. The van der Waals surface area contributed by atoms with Gasteiger partial charge in [-0.3, -0.25) is 4.79 Å². The molecule has 7 heteroatoms. The Labute approximate surface area is 139 Å². The summed E-state index contributed by atoms with van der Waals surface area (Å²) in [4.78, 5) is 19.4. The van der Waals surface area contributed by atoms with E-state index in [4.69, 9.17) is 5.11 Å². The topological polar surface area (TPSA) is 92.9 Å². The highest BCUT2D eigenvalue weighted by Crippen LogP contribution is 2.25. The fourth-order valence-electron chi connectivity index (χ4n) is 2.50.